The number of hydrogen-bond acceptors (Lipinski definition) is 5. The molecule has 0 atom stereocenters. The van der Waals surface area contributed by atoms with E-state index in [-0.39, 0.29) is 17.9 Å². The topological polar surface area (TPSA) is 59.1 Å². The zero-order valence-corrected chi connectivity index (χ0v) is 18.6. The Kier molecular flexibility index (Phi) is 6.03. The van der Waals surface area contributed by atoms with Crippen molar-refractivity contribution in [2.75, 3.05) is 31.2 Å². The standard InChI is InChI=1S/C24H25ClN2O4/c1-15(2)31-18-9-7-17(8-10-18)21-22(26-11-13-30-14-12-26)24(29)27(23(21)28)20-6-4-5-19(25)16(20)3/h4-10,15H,11-14H2,1-3H3. The lowest BCUT2D eigenvalue weighted by molar-refractivity contribution is -0.121. The zero-order chi connectivity index (χ0) is 22.1. The summed E-state index contributed by atoms with van der Waals surface area (Å²) in [7, 11) is 0. The lowest BCUT2D eigenvalue weighted by Crippen LogP contribution is -2.40. The number of halogens is 1. The van der Waals surface area contributed by atoms with E-state index in [2.05, 4.69) is 0 Å². The van der Waals surface area contributed by atoms with Gasteiger partial charge in [-0.2, -0.15) is 0 Å². The maximum absolute atomic E-state index is 13.6. The molecule has 2 amide bonds. The van der Waals surface area contributed by atoms with E-state index in [4.69, 9.17) is 21.1 Å². The molecule has 2 heterocycles. The van der Waals surface area contributed by atoms with E-state index in [1.54, 1.807) is 18.2 Å². The highest BCUT2D eigenvalue weighted by molar-refractivity contribution is 6.46. The highest BCUT2D eigenvalue weighted by Crippen LogP contribution is 2.38. The predicted molar refractivity (Wildman–Crippen MR) is 120 cm³/mol. The second-order valence-electron chi connectivity index (χ2n) is 7.84. The minimum Gasteiger partial charge on any atom is -0.491 e. The van der Waals surface area contributed by atoms with Crippen LogP contribution < -0.4 is 9.64 Å². The Morgan fingerprint density at radius 2 is 1.68 bits per heavy atom. The molecule has 1 saturated heterocycles. The van der Waals surface area contributed by atoms with E-state index in [1.165, 1.54) is 4.90 Å². The van der Waals surface area contributed by atoms with Crippen LogP contribution in [0.25, 0.3) is 5.57 Å². The van der Waals surface area contributed by atoms with E-state index in [0.29, 0.717) is 65.2 Å². The molecule has 0 radical (unpaired) electrons. The molecule has 6 nitrogen and oxygen atoms in total. The average molecular weight is 441 g/mol. The van der Waals surface area contributed by atoms with Crippen molar-refractivity contribution < 1.29 is 19.1 Å². The van der Waals surface area contributed by atoms with Crippen molar-refractivity contribution in [3.8, 4) is 5.75 Å². The van der Waals surface area contributed by atoms with Gasteiger partial charge in [-0.25, -0.2) is 4.90 Å². The monoisotopic (exact) mass is 440 g/mol. The van der Waals surface area contributed by atoms with E-state index >= 15 is 0 Å². The van der Waals surface area contributed by atoms with Crippen molar-refractivity contribution in [1.29, 1.82) is 0 Å². The Labute approximate surface area is 187 Å². The van der Waals surface area contributed by atoms with Crippen LogP contribution in [-0.2, 0) is 14.3 Å². The molecule has 0 spiro atoms. The maximum Gasteiger partial charge on any atom is 0.282 e. The first-order valence-corrected chi connectivity index (χ1v) is 10.7. The van der Waals surface area contributed by atoms with E-state index in [9.17, 15) is 9.59 Å². The molecule has 2 aliphatic rings. The fraction of sp³-hybridized carbons (Fsp3) is 0.333. The van der Waals surface area contributed by atoms with Gasteiger partial charge in [0.05, 0.1) is 30.6 Å². The number of hydrogen-bond donors (Lipinski definition) is 0. The number of rotatable bonds is 5. The lowest BCUT2D eigenvalue weighted by Gasteiger charge is -2.29. The second-order valence-corrected chi connectivity index (χ2v) is 8.25. The third kappa shape index (κ3) is 4.05. The van der Waals surface area contributed by atoms with Crippen LogP contribution in [0.3, 0.4) is 0 Å². The molecule has 31 heavy (non-hydrogen) atoms. The molecule has 1 fully saturated rings. The summed E-state index contributed by atoms with van der Waals surface area (Å²) in [6.07, 6.45) is 0.0463. The van der Waals surface area contributed by atoms with Gasteiger partial charge >= 0.3 is 0 Å². The molecule has 2 aromatic rings. The molecule has 7 heteroatoms. The number of benzene rings is 2. The molecular weight excluding hydrogens is 416 g/mol. The summed E-state index contributed by atoms with van der Waals surface area (Å²) in [5.41, 5.74) is 2.67. The van der Waals surface area contributed by atoms with Crippen LogP contribution in [0.1, 0.15) is 25.0 Å². The van der Waals surface area contributed by atoms with Gasteiger partial charge in [0.25, 0.3) is 11.8 Å². The van der Waals surface area contributed by atoms with Gasteiger partial charge in [-0.05, 0) is 56.2 Å². The Bertz CT molecular complexity index is 1040. The van der Waals surface area contributed by atoms with Gasteiger partial charge in [0.15, 0.2) is 0 Å². The highest BCUT2D eigenvalue weighted by Gasteiger charge is 2.43. The number of amides is 2. The first kappa shape index (κ1) is 21.4. The average Bonchev–Trinajstić information content (AvgIpc) is 3.01. The predicted octanol–water partition coefficient (Wildman–Crippen LogP) is 4.05. The van der Waals surface area contributed by atoms with Gasteiger partial charge < -0.3 is 14.4 Å². The molecule has 0 saturated carbocycles. The molecule has 2 aliphatic heterocycles. The largest absolute Gasteiger partial charge is 0.491 e. The summed E-state index contributed by atoms with van der Waals surface area (Å²) >= 11 is 6.28. The molecule has 0 aliphatic carbocycles. The quantitative estimate of drug-likeness (QED) is 0.656. The van der Waals surface area contributed by atoms with Gasteiger partial charge in [0.2, 0.25) is 0 Å². The Morgan fingerprint density at radius 1 is 1.00 bits per heavy atom. The normalized spacial score (nSPS) is 17.2. The summed E-state index contributed by atoms with van der Waals surface area (Å²) in [5, 5.41) is 0.509. The maximum atomic E-state index is 13.6. The number of anilines is 1. The molecular formula is C24H25ClN2O4. The summed E-state index contributed by atoms with van der Waals surface area (Å²) in [4.78, 5) is 30.4. The third-order valence-electron chi connectivity index (χ3n) is 5.38. The fourth-order valence-corrected chi connectivity index (χ4v) is 4.06. The highest BCUT2D eigenvalue weighted by atomic mass is 35.5. The number of carbonyl (C=O) groups is 2. The zero-order valence-electron chi connectivity index (χ0n) is 17.9. The SMILES string of the molecule is Cc1c(Cl)cccc1N1C(=O)C(c2ccc(OC(C)C)cc2)=C(N2CCOCC2)C1=O. The van der Waals surface area contributed by atoms with Crippen molar-refractivity contribution in [2.24, 2.45) is 0 Å². The summed E-state index contributed by atoms with van der Waals surface area (Å²) in [6.45, 7) is 7.84. The van der Waals surface area contributed by atoms with Gasteiger partial charge in [-0.1, -0.05) is 29.8 Å². The minimum atomic E-state index is -0.352. The molecule has 2 aromatic carbocycles. The molecule has 0 unspecified atom stereocenters. The molecule has 0 N–H and O–H groups in total. The molecule has 0 bridgehead atoms. The first-order chi connectivity index (χ1) is 14.9. The van der Waals surface area contributed by atoms with Crippen LogP contribution in [0.4, 0.5) is 5.69 Å². The van der Waals surface area contributed by atoms with E-state index in [1.807, 2.05) is 49.9 Å². The van der Waals surface area contributed by atoms with Crippen molar-refractivity contribution in [1.82, 2.24) is 4.90 Å². The van der Waals surface area contributed by atoms with Gasteiger partial charge in [-0.15, -0.1) is 0 Å². The number of imide groups is 1. The first-order valence-electron chi connectivity index (χ1n) is 10.4. The molecule has 0 aromatic heterocycles. The van der Waals surface area contributed by atoms with E-state index in [0.717, 1.165) is 0 Å². The fourth-order valence-electron chi connectivity index (χ4n) is 3.89. The number of ether oxygens (including phenoxy) is 2. The van der Waals surface area contributed by atoms with Crippen LogP contribution >= 0.6 is 11.6 Å². The number of nitrogens with zero attached hydrogens (tertiary/aromatic N) is 2. The van der Waals surface area contributed by atoms with Gasteiger partial charge in [0.1, 0.15) is 11.4 Å². The van der Waals surface area contributed by atoms with Crippen molar-refractivity contribution >= 4 is 34.7 Å². The van der Waals surface area contributed by atoms with Gasteiger partial charge in [-0.3, -0.25) is 9.59 Å². The smallest absolute Gasteiger partial charge is 0.282 e. The van der Waals surface area contributed by atoms with Crippen molar-refractivity contribution in [3.63, 3.8) is 0 Å². The van der Waals surface area contributed by atoms with Crippen LogP contribution in [0.2, 0.25) is 5.02 Å². The van der Waals surface area contributed by atoms with Crippen molar-refractivity contribution in [3.05, 3.63) is 64.3 Å². The second kappa shape index (κ2) is 8.73. The minimum absolute atomic E-state index is 0.0463. The van der Waals surface area contributed by atoms with Crippen LogP contribution in [-0.4, -0.2) is 49.1 Å². The Morgan fingerprint density at radius 3 is 2.32 bits per heavy atom. The van der Waals surface area contributed by atoms with Gasteiger partial charge in [0, 0.05) is 18.1 Å². The Balaban J connectivity index is 1.79. The summed E-state index contributed by atoms with van der Waals surface area (Å²) in [5.74, 6) is 0.0238. The number of carbonyl (C=O) groups excluding carboxylic acids is 2. The third-order valence-corrected chi connectivity index (χ3v) is 5.79. The summed E-state index contributed by atoms with van der Waals surface area (Å²) in [6, 6.07) is 12.5. The number of morpholine rings is 1. The van der Waals surface area contributed by atoms with Crippen LogP contribution in [0.5, 0.6) is 5.75 Å². The molecule has 162 valence electrons. The molecule has 4 rings (SSSR count). The Hall–Kier alpha value is -2.83. The van der Waals surface area contributed by atoms with Crippen LogP contribution in [0, 0.1) is 6.92 Å². The lowest BCUT2D eigenvalue weighted by atomic mass is 10.0. The van der Waals surface area contributed by atoms with E-state index < -0.39 is 0 Å². The summed E-state index contributed by atoms with van der Waals surface area (Å²) < 4.78 is 11.2. The van der Waals surface area contributed by atoms with Crippen molar-refractivity contribution in [2.45, 2.75) is 26.9 Å². The van der Waals surface area contributed by atoms with Crippen LogP contribution in [0.15, 0.2) is 48.2 Å².